The molecule has 0 fully saturated rings. The smallest absolute Gasteiger partial charge is 0.324 e. The van der Waals surface area contributed by atoms with Crippen molar-refractivity contribution in [3.05, 3.63) is 65.0 Å². The van der Waals surface area contributed by atoms with Gasteiger partial charge in [0.2, 0.25) is 0 Å². The summed E-state index contributed by atoms with van der Waals surface area (Å²) in [6, 6.07) is 8.39. The maximum atomic E-state index is 14.4. The summed E-state index contributed by atoms with van der Waals surface area (Å²) < 4.78 is 54.3. The van der Waals surface area contributed by atoms with Gasteiger partial charge in [0, 0.05) is 16.8 Å². The van der Waals surface area contributed by atoms with Crippen molar-refractivity contribution in [3.63, 3.8) is 0 Å². The van der Waals surface area contributed by atoms with Crippen molar-refractivity contribution in [3.8, 4) is 0 Å². The number of nitrogens with two attached hydrogens (primary N) is 1. The molecule has 0 aliphatic heterocycles. The number of hydrogen-bond acceptors (Lipinski definition) is 3. The van der Waals surface area contributed by atoms with Gasteiger partial charge in [0.05, 0.1) is 12.1 Å². The molecule has 2 aromatic rings. The number of halogens is 4. The molecular formula is C20H25F4N3OS. The van der Waals surface area contributed by atoms with Gasteiger partial charge in [-0.1, -0.05) is 31.7 Å². The summed E-state index contributed by atoms with van der Waals surface area (Å²) in [5.41, 5.74) is 1.87. The van der Waals surface area contributed by atoms with E-state index in [1.54, 1.807) is 10.6 Å². The first kappa shape index (κ1) is 24.5. The standard InChI is InChI=1S/C18H19F4N3OS.C2H6/c1-27(2,3)25(15-8-6-14(7-9-15)18(20,21)22)11-13-5-4-12(10-16(13)19)17(26)24-23;1-2/h4-10H,1-2,11,23H2,3H3,(H,24,26);1-2H3. The van der Waals surface area contributed by atoms with Gasteiger partial charge >= 0.3 is 6.18 Å². The highest BCUT2D eigenvalue weighted by molar-refractivity contribution is 8.28. The Labute approximate surface area is 168 Å². The van der Waals surface area contributed by atoms with E-state index in [2.05, 4.69) is 11.7 Å². The Kier molecular flexibility index (Phi) is 8.28. The Morgan fingerprint density at radius 1 is 1.14 bits per heavy atom. The SMILES string of the molecule is C=S(=C)(C)N(Cc1ccc(C(=O)NN)cc1F)c1ccc(C(F)(F)F)cc1.CC. The maximum Gasteiger partial charge on any atom is 0.416 e. The Morgan fingerprint density at radius 2 is 1.69 bits per heavy atom. The van der Waals surface area contributed by atoms with Crippen molar-refractivity contribution in [1.29, 1.82) is 0 Å². The van der Waals surface area contributed by atoms with Crippen molar-refractivity contribution in [1.82, 2.24) is 5.43 Å². The van der Waals surface area contributed by atoms with Crippen LogP contribution in [0.4, 0.5) is 23.2 Å². The van der Waals surface area contributed by atoms with Crippen LogP contribution < -0.4 is 15.6 Å². The Morgan fingerprint density at radius 3 is 2.10 bits per heavy atom. The zero-order valence-electron chi connectivity index (χ0n) is 16.5. The van der Waals surface area contributed by atoms with Gasteiger partial charge in [0.25, 0.3) is 5.91 Å². The molecule has 0 aliphatic carbocycles. The highest BCUT2D eigenvalue weighted by Gasteiger charge is 2.30. The van der Waals surface area contributed by atoms with E-state index in [9.17, 15) is 22.4 Å². The third-order valence-electron chi connectivity index (χ3n) is 3.77. The molecule has 3 N–H and O–H groups in total. The van der Waals surface area contributed by atoms with Crippen LogP contribution in [-0.2, 0) is 12.7 Å². The summed E-state index contributed by atoms with van der Waals surface area (Å²) in [5, 5.41) is 0. The second-order valence-corrected chi connectivity index (χ2v) is 8.97. The fraction of sp³-hybridized carbons (Fsp3) is 0.250. The molecule has 4 nitrogen and oxygen atoms in total. The average Bonchev–Trinajstić information content (AvgIpc) is 2.66. The lowest BCUT2D eigenvalue weighted by Gasteiger charge is -2.31. The average molecular weight is 431 g/mol. The monoisotopic (exact) mass is 431 g/mol. The fourth-order valence-electron chi connectivity index (χ4n) is 2.37. The number of amides is 1. The van der Waals surface area contributed by atoms with Crippen molar-refractivity contribution < 1.29 is 22.4 Å². The molecule has 0 aromatic heterocycles. The topological polar surface area (TPSA) is 58.4 Å². The minimum atomic E-state index is -4.44. The quantitative estimate of drug-likeness (QED) is 0.237. The lowest BCUT2D eigenvalue weighted by atomic mass is 10.1. The number of carbonyl (C=O) groups excluding carboxylic acids is 1. The number of nitrogens with zero attached hydrogens (tertiary/aromatic N) is 1. The number of anilines is 1. The van der Waals surface area contributed by atoms with Gasteiger partial charge in [0.15, 0.2) is 0 Å². The number of benzene rings is 2. The molecule has 0 atom stereocenters. The van der Waals surface area contributed by atoms with Gasteiger partial charge < -0.3 is 4.31 Å². The first-order chi connectivity index (χ1) is 13.4. The van der Waals surface area contributed by atoms with E-state index in [0.717, 1.165) is 18.2 Å². The zero-order chi connectivity index (χ0) is 22.4. The number of rotatable bonds is 5. The van der Waals surface area contributed by atoms with E-state index < -0.39 is 32.9 Å². The van der Waals surface area contributed by atoms with Gasteiger partial charge in [-0.05, 0) is 42.7 Å². The van der Waals surface area contributed by atoms with Gasteiger partial charge in [-0.2, -0.15) is 13.2 Å². The molecule has 0 bridgehead atoms. The molecule has 0 saturated carbocycles. The molecule has 29 heavy (non-hydrogen) atoms. The molecule has 0 spiro atoms. The Hall–Kier alpha value is -2.52. The van der Waals surface area contributed by atoms with Crippen LogP contribution in [0.25, 0.3) is 0 Å². The van der Waals surface area contributed by atoms with Crippen molar-refractivity contribution >= 4 is 32.7 Å². The largest absolute Gasteiger partial charge is 0.416 e. The highest BCUT2D eigenvalue weighted by atomic mass is 32.2. The van der Waals surface area contributed by atoms with Crippen LogP contribution in [0.1, 0.15) is 35.3 Å². The summed E-state index contributed by atoms with van der Waals surface area (Å²) in [6.45, 7) is 4.03. The summed E-state index contributed by atoms with van der Waals surface area (Å²) in [6.07, 6.45) is -2.71. The van der Waals surface area contributed by atoms with Gasteiger partial charge in [-0.25, -0.2) is 10.2 Å². The van der Waals surface area contributed by atoms with Crippen LogP contribution >= 0.6 is 9.39 Å². The minimum absolute atomic E-state index is 0.0283. The second-order valence-electron chi connectivity index (χ2n) is 6.08. The van der Waals surface area contributed by atoms with E-state index in [0.29, 0.717) is 5.69 Å². The summed E-state index contributed by atoms with van der Waals surface area (Å²) in [7, 11) is -1.93. The third-order valence-corrected chi connectivity index (χ3v) is 5.18. The van der Waals surface area contributed by atoms with E-state index in [1.165, 1.54) is 24.3 Å². The van der Waals surface area contributed by atoms with E-state index >= 15 is 0 Å². The van der Waals surface area contributed by atoms with E-state index in [4.69, 9.17) is 5.84 Å². The van der Waals surface area contributed by atoms with Crippen LogP contribution in [0, 0.1) is 5.82 Å². The van der Waals surface area contributed by atoms with E-state index in [1.807, 2.05) is 19.3 Å². The molecule has 160 valence electrons. The zero-order valence-corrected chi connectivity index (χ0v) is 17.3. The van der Waals surface area contributed by atoms with Crippen LogP contribution in [0.5, 0.6) is 0 Å². The Balaban J connectivity index is 0.00000204. The molecule has 0 radical (unpaired) electrons. The lowest BCUT2D eigenvalue weighted by molar-refractivity contribution is -0.137. The van der Waals surface area contributed by atoms with Crippen LogP contribution in [0.15, 0.2) is 42.5 Å². The second kappa shape index (κ2) is 9.80. The fourth-order valence-corrected chi connectivity index (χ4v) is 3.45. The number of hydrogen-bond donors (Lipinski definition) is 2. The predicted molar refractivity (Wildman–Crippen MR) is 115 cm³/mol. The molecule has 0 aliphatic rings. The molecule has 9 heteroatoms. The molecular weight excluding hydrogens is 406 g/mol. The maximum absolute atomic E-state index is 14.4. The van der Waals surface area contributed by atoms with Gasteiger partial charge in [-0.3, -0.25) is 10.2 Å². The third kappa shape index (κ3) is 6.50. The van der Waals surface area contributed by atoms with Crippen LogP contribution in [0.2, 0.25) is 0 Å². The number of nitrogen functional groups attached to an aromatic ring is 1. The summed E-state index contributed by atoms with van der Waals surface area (Å²) >= 11 is 0. The molecule has 0 heterocycles. The van der Waals surface area contributed by atoms with E-state index in [-0.39, 0.29) is 17.7 Å². The van der Waals surface area contributed by atoms with Crippen LogP contribution in [0.3, 0.4) is 0 Å². The first-order valence-corrected chi connectivity index (χ1v) is 11.0. The summed E-state index contributed by atoms with van der Waals surface area (Å²) in [5.74, 6) is 11.7. The highest BCUT2D eigenvalue weighted by Crippen LogP contribution is 2.35. The first-order valence-electron chi connectivity index (χ1n) is 8.62. The summed E-state index contributed by atoms with van der Waals surface area (Å²) in [4.78, 5) is 11.5. The van der Waals surface area contributed by atoms with Crippen LogP contribution in [-0.4, -0.2) is 23.9 Å². The lowest BCUT2D eigenvalue weighted by Crippen LogP contribution is -2.30. The molecule has 0 unspecified atom stereocenters. The van der Waals surface area contributed by atoms with Crippen molar-refractivity contribution in [2.75, 3.05) is 10.6 Å². The van der Waals surface area contributed by atoms with Crippen molar-refractivity contribution in [2.24, 2.45) is 5.84 Å². The number of alkyl halides is 3. The number of nitrogens with one attached hydrogen (secondary N) is 1. The Bertz CT molecular complexity index is 939. The predicted octanol–water partition coefficient (Wildman–Crippen LogP) is 4.69. The molecule has 2 aromatic carbocycles. The molecule has 2 rings (SSSR count). The minimum Gasteiger partial charge on any atom is -0.324 e. The number of carbonyl (C=O) groups is 1. The normalized spacial score (nSPS) is 11.3. The molecule has 1 amide bonds. The van der Waals surface area contributed by atoms with Gasteiger partial charge in [0.1, 0.15) is 5.82 Å². The number of hydrazine groups is 1. The van der Waals surface area contributed by atoms with Gasteiger partial charge in [-0.15, -0.1) is 9.39 Å². The molecule has 0 saturated heterocycles. The van der Waals surface area contributed by atoms with Crippen molar-refractivity contribution in [2.45, 2.75) is 26.6 Å².